The molecular formula is C15H33N. The molecule has 98 valence electrons. The van der Waals surface area contributed by atoms with Crippen LogP contribution in [-0.2, 0) is 0 Å². The lowest BCUT2D eigenvalue weighted by Gasteiger charge is -2.28. The van der Waals surface area contributed by atoms with Crippen molar-refractivity contribution in [2.45, 2.75) is 78.7 Å². The molecule has 0 aromatic rings. The molecule has 0 heterocycles. The molecule has 0 aromatic carbocycles. The molecule has 1 N–H and O–H groups in total. The fourth-order valence-electron chi connectivity index (χ4n) is 2.74. The van der Waals surface area contributed by atoms with Crippen molar-refractivity contribution in [3.8, 4) is 0 Å². The zero-order valence-electron chi connectivity index (χ0n) is 12.2. The Bertz CT molecular complexity index is 140. The van der Waals surface area contributed by atoms with E-state index in [1.807, 2.05) is 0 Å². The van der Waals surface area contributed by atoms with E-state index in [0.29, 0.717) is 0 Å². The lowest BCUT2D eigenvalue weighted by Crippen LogP contribution is -2.35. The van der Waals surface area contributed by atoms with Crippen LogP contribution >= 0.6 is 0 Å². The van der Waals surface area contributed by atoms with E-state index in [-0.39, 0.29) is 0 Å². The molecule has 0 aromatic heterocycles. The van der Waals surface area contributed by atoms with Crippen LogP contribution in [0, 0.1) is 11.8 Å². The zero-order valence-corrected chi connectivity index (χ0v) is 12.2. The van der Waals surface area contributed by atoms with Crippen molar-refractivity contribution in [1.82, 2.24) is 5.32 Å². The Morgan fingerprint density at radius 2 is 1.56 bits per heavy atom. The molecule has 1 nitrogen and oxygen atoms in total. The van der Waals surface area contributed by atoms with E-state index < -0.39 is 0 Å². The van der Waals surface area contributed by atoms with Crippen LogP contribution in [0.4, 0.5) is 0 Å². The first-order valence-corrected chi connectivity index (χ1v) is 7.40. The second-order valence-corrected chi connectivity index (χ2v) is 5.12. The Hall–Kier alpha value is -0.0400. The maximum Gasteiger partial charge on any atom is 0.00947 e. The summed E-state index contributed by atoms with van der Waals surface area (Å²) in [5.74, 6) is 1.79. The predicted octanol–water partition coefficient (Wildman–Crippen LogP) is 4.62. The molecule has 2 atom stereocenters. The second-order valence-electron chi connectivity index (χ2n) is 5.12. The van der Waals surface area contributed by atoms with Gasteiger partial charge in [-0.2, -0.15) is 0 Å². The Kier molecular flexibility index (Phi) is 10.1. The fraction of sp³-hybridized carbons (Fsp3) is 1.00. The molecule has 0 rings (SSSR count). The van der Waals surface area contributed by atoms with Crippen LogP contribution in [0.15, 0.2) is 0 Å². The van der Waals surface area contributed by atoms with Crippen LogP contribution in [0.25, 0.3) is 0 Å². The average molecular weight is 227 g/mol. The summed E-state index contributed by atoms with van der Waals surface area (Å²) in [6.07, 6.45) is 9.50. The van der Waals surface area contributed by atoms with Gasteiger partial charge < -0.3 is 5.32 Å². The van der Waals surface area contributed by atoms with Crippen LogP contribution in [0.2, 0.25) is 0 Å². The van der Waals surface area contributed by atoms with Gasteiger partial charge in [0.1, 0.15) is 0 Å². The van der Waals surface area contributed by atoms with Crippen LogP contribution in [0.1, 0.15) is 72.6 Å². The third kappa shape index (κ3) is 5.89. The van der Waals surface area contributed by atoms with Gasteiger partial charge in [0.25, 0.3) is 0 Å². The highest BCUT2D eigenvalue weighted by Crippen LogP contribution is 2.24. The van der Waals surface area contributed by atoms with Gasteiger partial charge in [-0.1, -0.05) is 66.2 Å². The molecule has 0 saturated heterocycles. The van der Waals surface area contributed by atoms with E-state index in [0.717, 1.165) is 17.9 Å². The lowest BCUT2D eigenvalue weighted by atomic mass is 9.84. The number of hydrogen-bond donors (Lipinski definition) is 1. The van der Waals surface area contributed by atoms with Crippen LogP contribution < -0.4 is 5.32 Å². The lowest BCUT2D eigenvalue weighted by molar-refractivity contribution is 0.275. The largest absolute Gasteiger partial charge is 0.317 e. The van der Waals surface area contributed by atoms with E-state index >= 15 is 0 Å². The summed E-state index contributed by atoms with van der Waals surface area (Å²) in [4.78, 5) is 0. The summed E-state index contributed by atoms with van der Waals surface area (Å²) < 4.78 is 0. The predicted molar refractivity (Wildman–Crippen MR) is 74.8 cm³/mol. The first-order chi connectivity index (χ1) is 7.73. The average Bonchev–Trinajstić information content (AvgIpc) is 2.33. The van der Waals surface area contributed by atoms with E-state index in [4.69, 9.17) is 0 Å². The van der Waals surface area contributed by atoms with Crippen LogP contribution in [0.3, 0.4) is 0 Å². The smallest absolute Gasteiger partial charge is 0.00947 e. The van der Waals surface area contributed by atoms with Crippen molar-refractivity contribution in [3.05, 3.63) is 0 Å². The Morgan fingerprint density at radius 3 is 1.94 bits per heavy atom. The monoisotopic (exact) mass is 227 g/mol. The van der Waals surface area contributed by atoms with Crippen molar-refractivity contribution in [3.63, 3.8) is 0 Å². The zero-order chi connectivity index (χ0) is 12.4. The molecule has 0 aliphatic heterocycles. The molecule has 0 aliphatic carbocycles. The number of rotatable bonds is 10. The van der Waals surface area contributed by atoms with Crippen molar-refractivity contribution < 1.29 is 0 Å². The molecular weight excluding hydrogens is 194 g/mol. The van der Waals surface area contributed by atoms with Crippen LogP contribution in [0.5, 0.6) is 0 Å². The summed E-state index contributed by atoms with van der Waals surface area (Å²) in [6.45, 7) is 9.29. The Morgan fingerprint density at radius 1 is 0.938 bits per heavy atom. The highest BCUT2D eigenvalue weighted by molar-refractivity contribution is 4.76. The normalized spacial score (nSPS) is 15.4. The third-order valence-electron chi connectivity index (χ3n) is 4.12. The van der Waals surface area contributed by atoms with Crippen molar-refractivity contribution >= 4 is 0 Å². The van der Waals surface area contributed by atoms with Gasteiger partial charge >= 0.3 is 0 Å². The Labute approximate surface area is 103 Å². The molecule has 0 bridgehead atoms. The highest BCUT2D eigenvalue weighted by atomic mass is 14.9. The second kappa shape index (κ2) is 10.1. The molecule has 0 fully saturated rings. The van der Waals surface area contributed by atoms with Gasteiger partial charge in [0, 0.05) is 6.04 Å². The molecule has 0 amide bonds. The van der Waals surface area contributed by atoms with E-state index in [1.165, 1.54) is 44.9 Å². The quantitative estimate of drug-likeness (QED) is 0.574. The molecule has 0 spiro atoms. The van der Waals surface area contributed by atoms with E-state index in [1.54, 1.807) is 0 Å². The van der Waals surface area contributed by atoms with Gasteiger partial charge in [-0.3, -0.25) is 0 Å². The molecule has 1 heteroatoms. The van der Waals surface area contributed by atoms with Gasteiger partial charge in [-0.05, 0) is 25.3 Å². The van der Waals surface area contributed by atoms with E-state index in [9.17, 15) is 0 Å². The Balaban J connectivity index is 4.14. The third-order valence-corrected chi connectivity index (χ3v) is 4.12. The number of hydrogen-bond acceptors (Lipinski definition) is 1. The molecule has 0 aliphatic rings. The van der Waals surface area contributed by atoms with E-state index in [2.05, 4.69) is 40.1 Å². The van der Waals surface area contributed by atoms with Crippen molar-refractivity contribution in [2.24, 2.45) is 11.8 Å². The van der Waals surface area contributed by atoms with Gasteiger partial charge in [0.05, 0.1) is 0 Å². The van der Waals surface area contributed by atoms with Gasteiger partial charge in [-0.15, -0.1) is 0 Å². The first-order valence-electron chi connectivity index (χ1n) is 7.40. The minimum absolute atomic E-state index is 0.733. The number of unbranched alkanes of at least 4 members (excludes halogenated alkanes) is 1. The molecule has 16 heavy (non-hydrogen) atoms. The maximum atomic E-state index is 3.55. The maximum absolute atomic E-state index is 3.55. The highest BCUT2D eigenvalue weighted by Gasteiger charge is 2.20. The number of nitrogens with one attached hydrogen (secondary N) is 1. The SMILES string of the molecule is CCCCC(CC)CC(NC)C(CC)CC. The van der Waals surface area contributed by atoms with Gasteiger partial charge in [-0.25, -0.2) is 0 Å². The summed E-state index contributed by atoms with van der Waals surface area (Å²) in [7, 11) is 2.13. The molecule has 0 saturated carbocycles. The minimum atomic E-state index is 0.733. The fourth-order valence-corrected chi connectivity index (χ4v) is 2.74. The molecule has 2 unspecified atom stereocenters. The van der Waals surface area contributed by atoms with Crippen molar-refractivity contribution in [2.75, 3.05) is 7.05 Å². The van der Waals surface area contributed by atoms with Crippen molar-refractivity contribution in [1.29, 1.82) is 0 Å². The van der Waals surface area contributed by atoms with Crippen LogP contribution in [-0.4, -0.2) is 13.1 Å². The summed E-state index contributed by atoms with van der Waals surface area (Å²) >= 11 is 0. The summed E-state index contributed by atoms with van der Waals surface area (Å²) in [6, 6.07) is 0.733. The molecule has 0 radical (unpaired) electrons. The van der Waals surface area contributed by atoms with Gasteiger partial charge in [0.15, 0.2) is 0 Å². The summed E-state index contributed by atoms with van der Waals surface area (Å²) in [5, 5.41) is 3.55. The topological polar surface area (TPSA) is 12.0 Å². The minimum Gasteiger partial charge on any atom is -0.317 e. The first kappa shape index (κ1) is 16.0. The van der Waals surface area contributed by atoms with Gasteiger partial charge in [0.2, 0.25) is 0 Å². The standard InChI is InChI=1S/C15H33N/c1-6-10-11-13(7-2)12-15(16-5)14(8-3)9-4/h13-16H,6-12H2,1-5H3. The summed E-state index contributed by atoms with van der Waals surface area (Å²) in [5.41, 5.74) is 0.